The zero-order valence-electron chi connectivity index (χ0n) is 19.2. The van der Waals surface area contributed by atoms with Crippen LogP contribution < -0.4 is 5.56 Å². The molecular weight excluding hydrogens is 459 g/mol. The quantitative estimate of drug-likeness (QED) is 0.263. The second-order valence-electron chi connectivity index (χ2n) is 7.67. The third-order valence-electron chi connectivity index (χ3n) is 5.31. The lowest BCUT2D eigenvalue weighted by molar-refractivity contribution is -0.0389. The number of nitrogens with zero attached hydrogens (tertiary/aromatic N) is 2. The summed E-state index contributed by atoms with van der Waals surface area (Å²) >= 11 is 1.23. The van der Waals surface area contributed by atoms with E-state index in [1.165, 1.54) is 18.9 Å². The number of ether oxygens (including phenoxy) is 2. The predicted molar refractivity (Wildman–Crippen MR) is 129 cm³/mol. The van der Waals surface area contributed by atoms with E-state index in [0.29, 0.717) is 16.3 Å². The van der Waals surface area contributed by atoms with Crippen LogP contribution in [0, 0.1) is 6.92 Å². The largest absolute Gasteiger partial charge is 0.459 e. The maximum absolute atomic E-state index is 14.8. The Bertz CT molecular complexity index is 1150. The first-order valence-electron chi connectivity index (χ1n) is 10.6. The van der Waals surface area contributed by atoms with E-state index in [0.717, 1.165) is 11.1 Å². The van der Waals surface area contributed by atoms with Gasteiger partial charge in [-0.05, 0) is 36.4 Å². The van der Waals surface area contributed by atoms with E-state index in [9.17, 15) is 19.1 Å². The van der Waals surface area contributed by atoms with Crippen LogP contribution in [0.15, 0.2) is 70.7 Å². The molecule has 34 heavy (non-hydrogen) atoms. The van der Waals surface area contributed by atoms with E-state index in [4.69, 9.17) is 9.47 Å². The molecule has 0 bridgehead atoms. The zero-order valence-corrected chi connectivity index (χ0v) is 20.0. The number of hydrogen-bond donors (Lipinski definition) is 1. The number of rotatable bonds is 10. The molecule has 0 amide bonds. The lowest BCUT2D eigenvalue weighted by atomic mass is 10.0. The summed E-state index contributed by atoms with van der Waals surface area (Å²) in [6.07, 6.45) is -1.02. The number of esters is 1. The Balaban J connectivity index is 1.59. The van der Waals surface area contributed by atoms with Gasteiger partial charge in [0.05, 0.1) is 5.56 Å². The highest BCUT2D eigenvalue weighted by atomic mass is 32.2. The average molecular weight is 487 g/mol. The molecule has 9 heteroatoms. The van der Waals surface area contributed by atoms with Crippen molar-refractivity contribution in [3.05, 3.63) is 82.3 Å². The normalized spacial score (nSPS) is 13.8. The van der Waals surface area contributed by atoms with Gasteiger partial charge >= 0.3 is 5.97 Å². The first-order valence-corrected chi connectivity index (χ1v) is 11.9. The van der Waals surface area contributed by atoms with Crippen molar-refractivity contribution in [3.8, 4) is 11.1 Å². The van der Waals surface area contributed by atoms with E-state index in [-0.39, 0.29) is 12.0 Å². The van der Waals surface area contributed by atoms with E-state index >= 15 is 0 Å². The highest BCUT2D eigenvalue weighted by Gasteiger charge is 2.26. The topological polar surface area (TPSA) is 90.6 Å². The number of aryl methyl sites for hydroxylation is 1. The van der Waals surface area contributed by atoms with Crippen LogP contribution in [0.5, 0.6) is 0 Å². The molecule has 3 rings (SSSR count). The Morgan fingerprint density at radius 2 is 1.79 bits per heavy atom. The minimum Gasteiger partial charge on any atom is -0.459 e. The molecule has 1 N–H and O–H groups in total. The maximum Gasteiger partial charge on any atom is 0.338 e. The summed E-state index contributed by atoms with van der Waals surface area (Å²) in [7, 11) is 1.40. The lowest BCUT2D eigenvalue weighted by Crippen LogP contribution is -2.32. The molecule has 1 heterocycles. The molecule has 0 fully saturated rings. The van der Waals surface area contributed by atoms with Crippen LogP contribution in [0.3, 0.4) is 0 Å². The van der Waals surface area contributed by atoms with Gasteiger partial charge in [-0.2, -0.15) is 4.98 Å². The molecule has 0 aliphatic heterocycles. The van der Waals surface area contributed by atoms with Gasteiger partial charge in [0.25, 0.3) is 5.56 Å². The van der Waals surface area contributed by atoms with Crippen LogP contribution in [-0.2, 0) is 9.47 Å². The Morgan fingerprint density at radius 3 is 2.41 bits per heavy atom. The molecule has 0 aliphatic carbocycles. The van der Waals surface area contributed by atoms with Crippen molar-refractivity contribution < 1.29 is 23.8 Å². The van der Waals surface area contributed by atoms with Crippen molar-refractivity contribution in [2.75, 3.05) is 20.0 Å². The summed E-state index contributed by atoms with van der Waals surface area (Å²) in [5.41, 5.74) is 2.29. The Kier molecular flexibility index (Phi) is 8.98. The molecule has 2 aromatic carbocycles. The molecule has 3 atom stereocenters. The minimum absolute atomic E-state index is 0.224. The van der Waals surface area contributed by atoms with Crippen molar-refractivity contribution in [1.82, 2.24) is 9.55 Å². The van der Waals surface area contributed by atoms with Crippen LogP contribution in [0.25, 0.3) is 11.1 Å². The molecule has 0 aliphatic rings. The Morgan fingerprint density at radius 1 is 1.15 bits per heavy atom. The second-order valence-corrected chi connectivity index (χ2v) is 8.45. The van der Waals surface area contributed by atoms with Crippen molar-refractivity contribution in [1.29, 1.82) is 0 Å². The van der Waals surface area contributed by atoms with Gasteiger partial charge in [-0.3, -0.25) is 4.79 Å². The number of halogens is 1. The molecular formula is C25H27FN2O5S. The maximum atomic E-state index is 14.8. The van der Waals surface area contributed by atoms with Crippen LogP contribution in [0.1, 0.15) is 28.6 Å². The number of methoxy groups -OCH3 is 1. The van der Waals surface area contributed by atoms with Gasteiger partial charge in [0.1, 0.15) is 25.1 Å². The monoisotopic (exact) mass is 486 g/mol. The number of aliphatic hydroxyl groups excluding tert-OH is 1. The summed E-state index contributed by atoms with van der Waals surface area (Å²) in [5, 5.41) is 10.6. The highest BCUT2D eigenvalue weighted by Crippen LogP contribution is 2.24. The number of carbonyl (C=O) groups is 1. The number of hydrogen-bond acceptors (Lipinski definition) is 7. The smallest absolute Gasteiger partial charge is 0.338 e. The van der Waals surface area contributed by atoms with E-state index in [1.54, 1.807) is 48.2 Å². The molecule has 0 saturated heterocycles. The van der Waals surface area contributed by atoms with Crippen molar-refractivity contribution in [2.24, 2.45) is 0 Å². The van der Waals surface area contributed by atoms with Crippen molar-refractivity contribution >= 4 is 17.7 Å². The Hall–Kier alpha value is -3.01. The molecule has 0 radical (unpaired) electrons. The molecule has 3 aromatic rings. The summed E-state index contributed by atoms with van der Waals surface area (Å²) < 4.78 is 26.9. The standard InChI is InChI=1S/C25H27FN2O5S/c1-16-14-28(25(34-3)27-23(16)30)22(32-2)13-20(26)21(29)15-33-24(31)19-11-9-18(10-12-19)17-7-5-4-6-8-17/h4-12,14,20-22,29H,13,15H2,1-3H3/t20-,21+,22?/m0/s1. The number of thioether (sulfide) groups is 1. The average Bonchev–Trinajstić information content (AvgIpc) is 2.87. The predicted octanol–water partition coefficient (Wildman–Crippen LogP) is 4.03. The summed E-state index contributed by atoms with van der Waals surface area (Å²) in [6, 6.07) is 16.6. The van der Waals surface area contributed by atoms with Gasteiger partial charge in [-0.15, -0.1) is 0 Å². The van der Waals surface area contributed by atoms with E-state index < -0.39 is 31.1 Å². The van der Waals surface area contributed by atoms with Crippen LogP contribution in [0.2, 0.25) is 0 Å². The highest BCUT2D eigenvalue weighted by molar-refractivity contribution is 7.98. The lowest BCUT2D eigenvalue weighted by Gasteiger charge is -2.25. The Labute approximate surface area is 201 Å². The number of aromatic nitrogens is 2. The molecule has 180 valence electrons. The van der Waals surface area contributed by atoms with Gasteiger partial charge in [-0.1, -0.05) is 54.2 Å². The van der Waals surface area contributed by atoms with Gasteiger partial charge in [0.15, 0.2) is 5.16 Å². The summed E-state index contributed by atoms with van der Waals surface area (Å²) in [4.78, 5) is 28.1. The molecule has 0 saturated carbocycles. The van der Waals surface area contributed by atoms with E-state index in [1.807, 2.05) is 30.3 Å². The molecule has 1 unspecified atom stereocenters. The number of carbonyl (C=O) groups excluding carboxylic acids is 1. The van der Waals surface area contributed by atoms with Crippen LogP contribution >= 0.6 is 11.8 Å². The van der Waals surface area contributed by atoms with Gasteiger partial charge in [0.2, 0.25) is 0 Å². The fraction of sp³-hybridized carbons (Fsp3) is 0.320. The number of alkyl halides is 1. The SMILES string of the molecule is COC(C[C@H](F)[C@H](O)COC(=O)c1ccc(-c2ccccc2)cc1)n1cc(C)c(=O)nc1SC. The number of aliphatic hydroxyl groups is 1. The third-order valence-corrected chi connectivity index (χ3v) is 5.98. The molecule has 7 nitrogen and oxygen atoms in total. The first kappa shape index (κ1) is 25.6. The molecule has 1 aromatic heterocycles. The van der Waals surface area contributed by atoms with Crippen molar-refractivity contribution in [2.45, 2.75) is 37.0 Å². The van der Waals surface area contributed by atoms with E-state index in [2.05, 4.69) is 4.98 Å². The first-order chi connectivity index (χ1) is 16.3. The van der Waals surface area contributed by atoms with Crippen LogP contribution in [-0.4, -0.2) is 52.9 Å². The number of benzene rings is 2. The fourth-order valence-electron chi connectivity index (χ4n) is 3.36. The zero-order chi connectivity index (χ0) is 24.7. The van der Waals surface area contributed by atoms with Crippen LogP contribution in [0.4, 0.5) is 4.39 Å². The minimum atomic E-state index is -1.74. The van der Waals surface area contributed by atoms with Gasteiger partial charge in [0, 0.05) is 25.3 Å². The molecule has 0 spiro atoms. The van der Waals surface area contributed by atoms with Gasteiger partial charge in [-0.25, -0.2) is 9.18 Å². The fourth-order valence-corrected chi connectivity index (χ4v) is 3.92. The third kappa shape index (κ3) is 6.31. The van der Waals surface area contributed by atoms with Crippen molar-refractivity contribution in [3.63, 3.8) is 0 Å². The summed E-state index contributed by atoms with van der Waals surface area (Å²) in [5.74, 6) is -0.654. The van der Waals surface area contributed by atoms with Gasteiger partial charge < -0.3 is 19.1 Å². The summed E-state index contributed by atoms with van der Waals surface area (Å²) in [6.45, 7) is 1.10. The second kappa shape index (κ2) is 11.9.